The van der Waals surface area contributed by atoms with Gasteiger partial charge in [0.05, 0.1) is 11.8 Å². The zero-order valence-corrected chi connectivity index (χ0v) is 12.2. The van der Waals surface area contributed by atoms with Gasteiger partial charge in [0.1, 0.15) is 0 Å². The molecule has 3 unspecified atom stereocenters. The maximum Gasteiger partial charge on any atom is 0.231 e. The van der Waals surface area contributed by atoms with E-state index in [9.17, 15) is 9.59 Å². The van der Waals surface area contributed by atoms with Crippen molar-refractivity contribution in [3.63, 3.8) is 0 Å². The van der Waals surface area contributed by atoms with Crippen LogP contribution in [0.25, 0.3) is 0 Å². The van der Waals surface area contributed by atoms with Crippen LogP contribution in [0.1, 0.15) is 18.9 Å². The molecule has 1 saturated carbocycles. The fourth-order valence-corrected chi connectivity index (χ4v) is 3.14. The van der Waals surface area contributed by atoms with E-state index in [4.69, 9.17) is 0 Å². The van der Waals surface area contributed by atoms with Crippen molar-refractivity contribution in [3.8, 4) is 0 Å². The molecular weight excluding hydrogens is 264 g/mol. The highest BCUT2D eigenvalue weighted by Crippen LogP contribution is 2.43. The molecule has 3 rings (SSSR count). The first-order valence-corrected chi connectivity index (χ1v) is 7.43. The van der Waals surface area contributed by atoms with Gasteiger partial charge in [-0.15, -0.1) is 6.58 Å². The first kappa shape index (κ1) is 13.9. The Morgan fingerprint density at radius 2 is 2.14 bits per heavy atom. The lowest BCUT2D eigenvalue weighted by Crippen LogP contribution is -2.38. The summed E-state index contributed by atoms with van der Waals surface area (Å²) in [4.78, 5) is 26.5. The molecular formula is C17H20N2O2. The van der Waals surface area contributed by atoms with Crippen molar-refractivity contribution in [1.82, 2.24) is 5.32 Å². The summed E-state index contributed by atoms with van der Waals surface area (Å²) >= 11 is 0. The summed E-state index contributed by atoms with van der Waals surface area (Å²) < 4.78 is 0. The molecule has 1 N–H and O–H groups in total. The molecule has 1 aliphatic heterocycles. The first-order chi connectivity index (χ1) is 10.1. The van der Waals surface area contributed by atoms with Gasteiger partial charge >= 0.3 is 0 Å². The van der Waals surface area contributed by atoms with E-state index in [-0.39, 0.29) is 29.7 Å². The van der Waals surface area contributed by atoms with E-state index < -0.39 is 0 Å². The van der Waals surface area contributed by atoms with Gasteiger partial charge in [0.15, 0.2) is 0 Å². The van der Waals surface area contributed by atoms with Crippen molar-refractivity contribution in [2.45, 2.75) is 25.8 Å². The van der Waals surface area contributed by atoms with E-state index >= 15 is 0 Å². The van der Waals surface area contributed by atoms with Crippen LogP contribution in [0, 0.1) is 11.8 Å². The molecule has 3 atom stereocenters. The smallest absolute Gasteiger partial charge is 0.231 e. The molecule has 1 fully saturated rings. The van der Waals surface area contributed by atoms with Crippen molar-refractivity contribution >= 4 is 17.5 Å². The Morgan fingerprint density at radius 1 is 1.38 bits per heavy atom. The normalized spacial score (nSPS) is 26.1. The molecule has 0 radical (unpaired) electrons. The monoisotopic (exact) mass is 284 g/mol. The van der Waals surface area contributed by atoms with Gasteiger partial charge in [-0.05, 0) is 31.4 Å². The standard InChI is InChI=1S/C17H20N2O2/c1-3-8-18-16(20)13-10-14(13)17(21)19-11(2)9-12-6-4-5-7-15(12)19/h3-7,11,13-14H,1,8-10H2,2H3,(H,18,20). The van der Waals surface area contributed by atoms with Crippen LogP contribution in [0.5, 0.6) is 0 Å². The average molecular weight is 284 g/mol. The van der Waals surface area contributed by atoms with Gasteiger partial charge in [-0.1, -0.05) is 24.3 Å². The lowest BCUT2D eigenvalue weighted by Gasteiger charge is -2.23. The number of para-hydroxylation sites is 1. The van der Waals surface area contributed by atoms with Crippen molar-refractivity contribution in [1.29, 1.82) is 0 Å². The number of carbonyl (C=O) groups is 2. The molecule has 4 nitrogen and oxygen atoms in total. The summed E-state index contributed by atoms with van der Waals surface area (Å²) in [7, 11) is 0. The largest absolute Gasteiger partial charge is 0.352 e. The van der Waals surface area contributed by atoms with Gasteiger partial charge in [-0.25, -0.2) is 0 Å². The van der Waals surface area contributed by atoms with Gasteiger partial charge < -0.3 is 10.2 Å². The third-order valence-electron chi connectivity index (χ3n) is 4.31. The van der Waals surface area contributed by atoms with Crippen molar-refractivity contribution < 1.29 is 9.59 Å². The molecule has 2 amide bonds. The summed E-state index contributed by atoms with van der Waals surface area (Å²) in [6, 6.07) is 8.19. The highest BCUT2D eigenvalue weighted by atomic mass is 16.2. The molecule has 4 heteroatoms. The minimum absolute atomic E-state index is 0.0339. The molecule has 2 aliphatic rings. The van der Waals surface area contributed by atoms with Crippen molar-refractivity contribution in [2.24, 2.45) is 11.8 Å². The van der Waals surface area contributed by atoms with Crippen LogP contribution >= 0.6 is 0 Å². The summed E-state index contributed by atoms with van der Waals surface area (Å²) in [6.45, 7) is 6.09. The van der Waals surface area contributed by atoms with Gasteiger partial charge in [-0.3, -0.25) is 9.59 Å². The van der Waals surface area contributed by atoms with Crippen molar-refractivity contribution in [3.05, 3.63) is 42.5 Å². The number of carbonyl (C=O) groups excluding carboxylic acids is 2. The van der Waals surface area contributed by atoms with Gasteiger partial charge in [0, 0.05) is 18.3 Å². The zero-order chi connectivity index (χ0) is 15.0. The lowest BCUT2D eigenvalue weighted by atomic mass is 10.1. The SMILES string of the molecule is C=CCNC(=O)C1CC1C(=O)N1c2ccccc2CC1C. The summed E-state index contributed by atoms with van der Waals surface area (Å²) in [5.74, 6) is -0.277. The number of anilines is 1. The highest BCUT2D eigenvalue weighted by Gasteiger charge is 2.51. The Balaban J connectivity index is 1.70. The summed E-state index contributed by atoms with van der Waals surface area (Å²) in [6.07, 6.45) is 3.20. The van der Waals surface area contributed by atoms with Gasteiger partial charge in [0.25, 0.3) is 0 Å². The second-order valence-corrected chi connectivity index (χ2v) is 5.87. The Bertz CT molecular complexity index is 596. The molecule has 110 valence electrons. The molecule has 1 aliphatic carbocycles. The van der Waals surface area contributed by atoms with E-state index in [0.29, 0.717) is 13.0 Å². The third-order valence-corrected chi connectivity index (χ3v) is 4.31. The molecule has 0 bridgehead atoms. The number of nitrogens with one attached hydrogen (secondary N) is 1. The van der Waals surface area contributed by atoms with Crippen LogP contribution in [0.15, 0.2) is 36.9 Å². The van der Waals surface area contributed by atoms with Crippen molar-refractivity contribution in [2.75, 3.05) is 11.4 Å². The number of fused-ring (bicyclic) bond motifs is 1. The summed E-state index contributed by atoms with van der Waals surface area (Å²) in [5, 5.41) is 2.77. The minimum Gasteiger partial charge on any atom is -0.352 e. The molecule has 1 heterocycles. The van der Waals surface area contributed by atoms with Crippen LogP contribution in [-0.2, 0) is 16.0 Å². The van der Waals surface area contributed by atoms with E-state index in [1.807, 2.05) is 23.1 Å². The molecule has 1 aromatic carbocycles. The predicted octanol–water partition coefficient (Wildman–Crippen LogP) is 1.90. The number of nitrogens with zero attached hydrogens (tertiary/aromatic N) is 1. The van der Waals surface area contributed by atoms with Crippen LogP contribution in [0.4, 0.5) is 5.69 Å². The van der Waals surface area contributed by atoms with E-state index in [0.717, 1.165) is 12.1 Å². The third kappa shape index (κ3) is 2.46. The zero-order valence-electron chi connectivity index (χ0n) is 12.2. The Morgan fingerprint density at radius 3 is 2.90 bits per heavy atom. The minimum atomic E-state index is -0.169. The highest BCUT2D eigenvalue weighted by molar-refractivity contribution is 6.02. The molecule has 1 aromatic rings. The number of hydrogen-bond acceptors (Lipinski definition) is 2. The fraction of sp³-hybridized carbons (Fsp3) is 0.412. The van der Waals surface area contributed by atoms with E-state index in [2.05, 4.69) is 24.9 Å². The first-order valence-electron chi connectivity index (χ1n) is 7.43. The Kier molecular flexibility index (Phi) is 3.53. The molecule has 0 saturated heterocycles. The predicted molar refractivity (Wildman–Crippen MR) is 81.9 cm³/mol. The fourth-order valence-electron chi connectivity index (χ4n) is 3.14. The molecule has 0 spiro atoms. The topological polar surface area (TPSA) is 49.4 Å². The van der Waals surface area contributed by atoms with Crippen LogP contribution < -0.4 is 10.2 Å². The van der Waals surface area contributed by atoms with Gasteiger partial charge in [-0.2, -0.15) is 0 Å². The Hall–Kier alpha value is -2.10. The maximum atomic E-state index is 12.7. The van der Waals surface area contributed by atoms with Crippen LogP contribution in [0.2, 0.25) is 0 Å². The number of amides is 2. The average Bonchev–Trinajstić information content (AvgIpc) is 3.20. The lowest BCUT2D eigenvalue weighted by molar-refractivity contribution is -0.126. The second kappa shape index (κ2) is 5.35. The van der Waals surface area contributed by atoms with Crippen LogP contribution in [0.3, 0.4) is 0 Å². The van der Waals surface area contributed by atoms with E-state index in [1.54, 1.807) is 6.08 Å². The van der Waals surface area contributed by atoms with Crippen LogP contribution in [-0.4, -0.2) is 24.4 Å². The molecule has 21 heavy (non-hydrogen) atoms. The van der Waals surface area contributed by atoms with E-state index in [1.165, 1.54) is 5.56 Å². The number of rotatable bonds is 4. The number of hydrogen-bond donors (Lipinski definition) is 1. The van der Waals surface area contributed by atoms with Gasteiger partial charge in [0.2, 0.25) is 11.8 Å². The number of benzene rings is 1. The molecule has 0 aromatic heterocycles. The quantitative estimate of drug-likeness (QED) is 0.859. The maximum absolute atomic E-state index is 12.7. The summed E-state index contributed by atoms with van der Waals surface area (Å²) in [5.41, 5.74) is 2.22. The Labute approximate surface area is 124 Å². The second-order valence-electron chi connectivity index (χ2n) is 5.87.